The van der Waals surface area contributed by atoms with Crippen LogP contribution in [0.5, 0.6) is 0 Å². The number of hydrogen-bond donors (Lipinski definition) is 3. The molecule has 0 unspecified atom stereocenters. The molecule has 0 saturated carbocycles. The van der Waals surface area contributed by atoms with Crippen molar-refractivity contribution < 1.29 is 36.5 Å². The summed E-state index contributed by atoms with van der Waals surface area (Å²) in [6.07, 6.45) is 1.31. The monoisotopic (exact) mass is 344 g/mol. The maximum Gasteiger partial charge on any atom is 0.679 e. The molecule has 0 amide bonds. The molecule has 0 aromatic rings. The van der Waals surface area contributed by atoms with Crippen LogP contribution in [0.4, 0.5) is 0 Å². The Morgan fingerprint density at radius 3 is 1.24 bits per heavy atom. The van der Waals surface area contributed by atoms with Crippen LogP contribution in [0.15, 0.2) is 12.7 Å². The molecular formula is C11H28O8Si2. The first-order valence-electron chi connectivity index (χ1n) is 6.78. The van der Waals surface area contributed by atoms with Gasteiger partial charge >= 0.3 is 18.1 Å². The van der Waals surface area contributed by atoms with E-state index in [4.69, 9.17) is 32.1 Å². The Bertz CT molecular complexity index is 217. The first-order chi connectivity index (χ1) is 9.80. The van der Waals surface area contributed by atoms with E-state index in [2.05, 4.69) is 11.0 Å². The van der Waals surface area contributed by atoms with E-state index in [0.29, 0.717) is 26.4 Å². The van der Waals surface area contributed by atoms with Crippen LogP contribution in [0.2, 0.25) is 0 Å². The van der Waals surface area contributed by atoms with E-state index < -0.39 is 18.1 Å². The van der Waals surface area contributed by atoms with Gasteiger partial charge in [0.05, 0.1) is 6.61 Å². The summed E-state index contributed by atoms with van der Waals surface area (Å²) in [6.45, 7) is 13.0. The summed E-state index contributed by atoms with van der Waals surface area (Å²) < 4.78 is 25.8. The van der Waals surface area contributed by atoms with E-state index in [9.17, 15) is 0 Å². The van der Waals surface area contributed by atoms with E-state index in [1.807, 2.05) is 27.7 Å². The Balaban J connectivity index is 0. The van der Waals surface area contributed by atoms with Crippen LogP contribution in [0.25, 0.3) is 0 Å². The van der Waals surface area contributed by atoms with Crippen LogP contribution in [-0.4, -0.2) is 65.5 Å². The standard InChI is InChI=1S/C8H20O4Si.C3H8O4Si/c1-5-9-13(10-6-2,11-7-3)12-8-4;1-2-3-7-8(4,5)6/h5-8H2,1-4H3;2,4-6H,1,3H2. The molecule has 0 aromatic carbocycles. The molecule has 21 heavy (non-hydrogen) atoms. The van der Waals surface area contributed by atoms with E-state index in [1.165, 1.54) is 6.08 Å². The number of hydrogen-bond acceptors (Lipinski definition) is 8. The fourth-order valence-corrected chi connectivity index (χ4v) is 3.38. The highest BCUT2D eigenvalue weighted by Gasteiger charge is 2.44. The lowest BCUT2D eigenvalue weighted by Gasteiger charge is -2.26. The van der Waals surface area contributed by atoms with Crippen LogP contribution in [0, 0.1) is 0 Å². The maximum atomic E-state index is 8.13. The summed E-state index contributed by atoms with van der Waals surface area (Å²) in [5, 5.41) is 0. The Kier molecular flexibility index (Phi) is 14.9. The fourth-order valence-electron chi connectivity index (χ4n) is 1.13. The second-order valence-corrected chi connectivity index (χ2v) is 7.00. The minimum Gasteiger partial charge on any atom is -0.368 e. The molecule has 0 aliphatic rings. The van der Waals surface area contributed by atoms with Crippen LogP contribution < -0.4 is 0 Å². The largest absolute Gasteiger partial charge is 0.679 e. The quantitative estimate of drug-likeness (QED) is 0.360. The molecule has 0 radical (unpaired) electrons. The molecule has 0 saturated heterocycles. The molecule has 0 fully saturated rings. The molecule has 128 valence electrons. The van der Waals surface area contributed by atoms with Crippen molar-refractivity contribution in [3.8, 4) is 0 Å². The summed E-state index contributed by atoms with van der Waals surface area (Å²) >= 11 is 0. The van der Waals surface area contributed by atoms with E-state index >= 15 is 0 Å². The summed E-state index contributed by atoms with van der Waals surface area (Å²) in [6, 6.07) is 0. The van der Waals surface area contributed by atoms with E-state index in [-0.39, 0.29) is 6.61 Å². The van der Waals surface area contributed by atoms with Crippen LogP contribution in [0.1, 0.15) is 27.7 Å². The third-order valence-corrected chi connectivity index (χ3v) is 4.80. The van der Waals surface area contributed by atoms with Crippen LogP contribution in [-0.2, 0) is 22.1 Å². The first kappa shape index (κ1) is 23.1. The predicted octanol–water partition coefficient (Wildman–Crippen LogP) is 0.169. The molecule has 10 heteroatoms. The zero-order valence-corrected chi connectivity index (χ0v) is 15.2. The molecular weight excluding hydrogens is 316 g/mol. The lowest BCUT2D eigenvalue weighted by atomic mass is 10.7. The Morgan fingerprint density at radius 1 is 0.762 bits per heavy atom. The van der Waals surface area contributed by atoms with Gasteiger partial charge in [0.1, 0.15) is 0 Å². The molecule has 0 rings (SSSR count). The zero-order valence-electron chi connectivity index (χ0n) is 13.2. The van der Waals surface area contributed by atoms with Gasteiger partial charge < -0.3 is 36.5 Å². The van der Waals surface area contributed by atoms with Crippen LogP contribution in [0.3, 0.4) is 0 Å². The fraction of sp³-hybridized carbons (Fsp3) is 0.818. The smallest absolute Gasteiger partial charge is 0.368 e. The van der Waals surface area contributed by atoms with Crippen molar-refractivity contribution in [1.82, 2.24) is 0 Å². The molecule has 0 atom stereocenters. The summed E-state index contributed by atoms with van der Waals surface area (Å²) in [7, 11) is -7.04. The van der Waals surface area contributed by atoms with Crippen molar-refractivity contribution in [2.24, 2.45) is 0 Å². The van der Waals surface area contributed by atoms with Crippen molar-refractivity contribution in [1.29, 1.82) is 0 Å². The minimum atomic E-state index is -4.25. The van der Waals surface area contributed by atoms with Gasteiger partial charge in [-0.25, -0.2) is 0 Å². The van der Waals surface area contributed by atoms with E-state index in [1.54, 1.807) is 0 Å². The molecule has 0 aromatic heterocycles. The van der Waals surface area contributed by atoms with E-state index in [0.717, 1.165) is 0 Å². The lowest BCUT2D eigenvalue weighted by Crippen LogP contribution is -2.49. The summed E-state index contributed by atoms with van der Waals surface area (Å²) in [5.41, 5.74) is 0. The second kappa shape index (κ2) is 13.5. The van der Waals surface area contributed by atoms with Gasteiger partial charge in [-0.2, -0.15) is 0 Å². The highest BCUT2D eigenvalue weighted by atomic mass is 28.4. The SMILES string of the molecule is C=CCO[Si](O)(O)O.CCO[Si](OCC)(OCC)OCC. The minimum absolute atomic E-state index is 0.0459. The third-order valence-electron chi connectivity index (χ3n) is 1.68. The van der Waals surface area contributed by atoms with Gasteiger partial charge in [-0.15, -0.1) is 6.58 Å². The van der Waals surface area contributed by atoms with Gasteiger partial charge in [-0.3, -0.25) is 0 Å². The summed E-state index contributed by atoms with van der Waals surface area (Å²) in [4.78, 5) is 24.4. The van der Waals surface area contributed by atoms with Gasteiger partial charge in [0, 0.05) is 26.4 Å². The van der Waals surface area contributed by atoms with Crippen molar-refractivity contribution in [2.75, 3.05) is 33.0 Å². The lowest BCUT2D eigenvalue weighted by molar-refractivity contribution is -0.0247. The molecule has 0 aliphatic carbocycles. The molecule has 8 nitrogen and oxygen atoms in total. The predicted molar refractivity (Wildman–Crippen MR) is 80.8 cm³/mol. The van der Waals surface area contributed by atoms with Gasteiger partial charge in [0.2, 0.25) is 0 Å². The second-order valence-electron chi connectivity index (χ2n) is 3.41. The maximum absolute atomic E-state index is 8.13. The van der Waals surface area contributed by atoms with Crippen molar-refractivity contribution >= 4 is 18.1 Å². The highest BCUT2D eigenvalue weighted by molar-refractivity contribution is 6.53. The van der Waals surface area contributed by atoms with Gasteiger partial charge in [0.25, 0.3) is 0 Å². The van der Waals surface area contributed by atoms with Crippen LogP contribution >= 0.6 is 0 Å². The topological polar surface area (TPSA) is 107 Å². The van der Waals surface area contributed by atoms with Gasteiger partial charge in [-0.1, -0.05) is 6.08 Å². The highest BCUT2D eigenvalue weighted by Crippen LogP contribution is 2.11. The average Bonchev–Trinajstić information content (AvgIpc) is 2.37. The Labute approximate surface area is 128 Å². The first-order valence-corrected chi connectivity index (χ1v) is 10.2. The Hall–Kier alpha value is -0.146. The van der Waals surface area contributed by atoms with Crippen molar-refractivity contribution in [3.05, 3.63) is 12.7 Å². The molecule has 0 heterocycles. The molecule has 0 bridgehead atoms. The van der Waals surface area contributed by atoms with Crippen molar-refractivity contribution in [2.45, 2.75) is 27.7 Å². The molecule has 0 aliphatic heterocycles. The average molecular weight is 345 g/mol. The number of rotatable bonds is 11. The molecule has 3 N–H and O–H groups in total. The van der Waals surface area contributed by atoms with Gasteiger partial charge in [0.15, 0.2) is 0 Å². The Morgan fingerprint density at radius 2 is 1.10 bits per heavy atom. The molecule has 0 spiro atoms. The normalized spacial score (nSPS) is 11.8. The van der Waals surface area contributed by atoms with Crippen molar-refractivity contribution in [3.63, 3.8) is 0 Å². The summed E-state index contributed by atoms with van der Waals surface area (Å²) in [5.74, 6) is 0. The third kappa shape index (κ3) is 14.6. The van der Waals surface area contributed by atoms with Gasteiger partial charge in [-0.05, 0) is 27.7 Å². The zero-order chi connectivity index (χ0) is 16.8.